The number of ether oxygens (including phenoxy) is 2. The second-order valence-corrected chi connectivity index (χ2v) is 11.1. The molecule has 0 atom stereocenters. The van der Waals surface area contributed by atoms with Crippen LogP contribution in [0.15, 0.2) is 77.0 Å². The number of anilines is 5. The summed E-state index contributed by atoms with van der Waals surface area (Å²) in [5.41, 5.74) is 2.96. The van der Waals surface area contributed by atoms with Crippen molar-refractivity contribution in [2.24, 2.45) is 17.3 Å². The quantitative estimate of drug-likeness (QED) is 0.152. The van der Waals surface area contributed by atoms with Crippen LogP contribution in [0.25, 0.3) is 0 Å². The summed E-state index contributed by atoms with van der Waals surface area (Å²) >= 11 is 1.45. The van der Waals surface area contributed by atoms with Gasteiger partial charge in [-0.15, -0.1) is 4.68 Å². The lowest BCUT2D eigenvalue weighted by molar-refractivity contribution is -0.712. The topological polar surface area (TPSA) is 116 Å². The van der Waals surface area contributed by atoms with Crippen LogP contribution in [-0.2, 0) is 7.05 Å². The smallest absolute Gasteiger partial charge is 0.431 e. The van der Waals surface area contributed by atoms with Gasteiger partial charge in [0.15, 0.2) is 0 Å². The molecule has 0 spiro atoms. The van der Waals surface area contributed by atoms with Crippen molar-refractivity contribution >= 4 is 56.1 Å². The average Bonchev–Trinajstić information content (AvgIpc) is 3.33. The van der Waals surface area contributed by atoms with Crippen molar-refractivity contribution in [3.05, 3.63) is 66.7 Å². The van der Waals surface area contributed by atoms with Crippen LogP contribution in [-0.4, -0.2) is 36.9 Å². The Labute approximate surface area is 268 Å². The highest BCUT2D eigenvalue weighted by molar-refractivity contribution is 7.18. The number of urea groups is 1. The molecule has 0 saturated carbocycles. The Hall–Kier alpha value is -4.42. The van der Waals surface area contributed by atoms with Crippen LogP contribution in [0.3, 0.4) is 0 Å². The molecule has 0 fully saturated rings. The molecule has 234 valence electrons. The molecule has 2 amide bonds. The van der Waals surface area contributed by atoms with Crippen LogP contribution in [0.4, 0.5) is 43.5 Å². The van der Waals surface area contributed by atoms with E-state index in [1.165, 1.54) is 11.3 Å². The third kappa shape index (κ3) is 8.80. The van der Waals surface area contributed by atoms with Gasteiger partial charge < -0.3 is 42.7 Å². The van der Waals surface area contributed by atoms with Crippen LogP contribution in [0.1, 0.15) is 34.6 Å². The fraction of sp³-hybridized carbons (Fsp3) is 0.323. The SMILES string of the molecule is CCOc1ccc(Nc2cc(NC(=O)Nc3ccccc3)c(N=Nc3sc(N(C(C)C)C(C)C)n[n+]3C)cc2OC)cc1.[Cl-]. The Morgan fingerprint density at radius 1 is 0.955 bits per heavy atom. The van der Waals surface area contributed by atoms with Crippen molar-refractivity contribution in [1.29, 1.82) is 0 Å². The molecule has 4 rings (SSSR count). The first-order valence-electron chi connectivity index (χ1n) is 14.1. The Bertz CT molecular complexity index is 1540. The number of halogens is 1. The molecule has 0 unspecified atom stereocenters. The zero-order valence-electron chi connectivity index (χ0n) is 26.0. The number of nitrogens with zero attached hydrogens (tertiary/aromatic N) is 5. The van der Waals surface area contributed by atoms with Gasteiger partial charge in [0, 0.05) is 29.5 Å². The third-order valence-corrected chi connectivity index (χ3v) is 7.32. The van der Waals surface area contributed by atoms with Crippen LogP contribution in [0.2, 0.25) is 0 Å². The van der Waals surface area contributed by atoms with Gasteiger partial charge in [0.25, 0.3) is 0 Å². The summed E-state index contributed by atoms with van der Waals surface area (Å²) < 4.78 is 13.0. The minimum atomic E-state index is -0.421. The number of benzene rings is 3. The molecule has 3 N–H and O–H groups in total. The second-order valence-electron chi connectivity index (χ2n) is 10.2. The minimum Gasteiger partial charge on any atom is -1.00 e. The number of amides is 2. The highest BCUT2D eigenvalue weighted by Gasteiger charge is 2.25. The molecule has 1 heterocycles. The lowest BCUT2D eigenvalue weighted by Gasteiger charge is -2.28. The van der Waals surface area contributed by atoms with E-state index < -0.39 is 6.03 Å². The first-order valence-corrected chi connectivity index (χ1v) is 14.9. The fourth-order valence-corrected chi connectivity index (χ4v) is 5.55. The Balaban J connectivity index is 0.00000529. The monoisotopic (exact) mass is 638 g/mol. The number of nitrogens with one attached hydrogen (secondary N) is 3. The van der Waals surface area contributed by atoms with E-state index in [1.807, 2.05) is 68.6 Å². The van der Waals surface area contributed by atoms with Gasteiger partial charge in [-0.3, -0.25) is 0 Å². The summed E-state index contributed by atoms with van der Waals surface area (Å²) in [4.78, 5) is 15.2. The Kier molecular flexibility index (Phi) is 12.3. The van der Waals surface area contributed by atoms with Gasteiger partial charge in [-0.1, -0.05) is 23.3 Å². The molecule has 44 heavy (non-hydrogen) atoms. The molecule has 3 aromatic carbocycles. The average molecular weight is 639 g/mol. The number of hydrogen-bond donors (Lipinski definition) is 3. The predicted octanol–water partition coefficient (Wildman–Crippen LogP) is 4.81. The van der Waals surface area contributed by atoms with Gasteiger partial charge in [-0.25, -0.2) is 4.79 Å². The molecular weight excluding hydrogens is 600 g/mol. The summed E-state index contributed by atoms with van der Waals surface area (Å²) in [5, 5.41) is 24.3. The molecule has 0 radical (unpaired) electrons. The number of aromatic nitrogens is 2. The van der Waals surface area contributed by atoms with Crippen LogP contribution >= 0.6 is 11.3 Å². The molecule has 0 saturated heterocycles. The first kappa shape index (κ1) is 34.1. The zero-order chi connectivity index (χ0) is 30.9. The molecule has 13 heteroatoms. The van der Waals surface area contributed by atoms with Crippen molar-refractivity contribution in [2.75, 3.05) is 34.6 Å². The van der Waals surface area contributed by atoms with Crippen molar-refractivity contribution in [2.45, 2.75) is 46.7 Å². The van der Waals surface area contributed by atoms with Crippen molar-refractivity contribution < 1.29 is 31.4 Å². The van der Waals surface area contributed by atoms with E-state index in [9.17, 15) is 4.79 Å². The lowest BCUT2D eigenvalue weighted by Crippen LogP contribution is -3.00. The van der Waals surface area contributed by atoms with E-state index in [2.05, 4.69) is 63.9 Å². The molecule has 4 aromatic rings. The summed E-state index contributed by atoms with van der Waals surface area (Å²) in [7, 11) is 3.42. The van der Waals surface area contributed by atoms with E-state index >= 15 is 0 Å². The Morgan fingerprint density at radius 3 is 2.25 bits per heavy atom. The van der Waals surface area contributed by atoms with Crippen molar-refractivity contribution in [3.63, 3.8) is 0 Å². The number of hydrogen-bond acceptors (Lipinski definition) is 9. The number of azo groups is 1. The molecule has 0 bridgehead atoms. The maximum absolute atomic E-state index is 13.0. The van der Waals surface area contributed by atoms with E-state index in [-0.39, 0.29) is 24.5 Å². The molecule has 1 aromatic heterocycles. The zero-order valence-corrected chi connectivity index (χ0v) is 27.5. The molecular formula is C31H39ClN8O3S. The number of carbonyl (C=O) groups is 1. The maximum Gasteiger partial charge on any atom is 0.431 e. The van der Waals surface area contributed by atoms with Gasteiger partial charge >= 0.3 is 11.2 Å². The molecule has 11 nitrogen and oxygen atoms in total. The van der Waals surface area contributed by atoms with E-state index in [0.29, 0.717) is 40.2 Å². The molecule has 0 aliphatic carbocycles. The first-order chi connectivity index (χ1) is 20.7. The summed E-state index contributed by atoms with van der Waals surface area (Å²) in [6.07, 6.45) is 0. The van der Waals surface area contributed by atoms with Gasteiger partial charge in [0.1, 0.15) is 24.2 Å². The minimum absolute atomic E-state index is 0. The number of aryl methyl sites for hydroxylation is 1. The van der Waals surface area contributed by atoms with E-state index in [0.717, 1.165) is 16.6 Å². The predicted molar refractivity (Wildman–Crippen MR) is 173 cm³/mol. The van der Waals surface area contributed by atoms with Crippen LogP contribution in [0.5, 0.6) is 11.5 Å². The van der Waals surface area contributed by atoms with Crippen molar-refractivity contribution in [3.8, 4) is 11.5 Å². The largest absolute Gasteiger partial charge is 1.00 e. The van der Waals surface area contributed by atoms with E-state index in [1.54, 1.807) is 23.9 Å². The standard InChI is InChI=1S/C31H38N8O3S.ClH/c1-8-42-24-16-14-23(15-17-24)32-27-18-25(34-29(40)33-22-12-10-9-11-13-22)26(19-28(27)41-7)35-36-30-38(6)37-31(43-30)39(20(2)3)21(4)5;/h9-21H,8H2,1-7H3,(H2,32,33,34,40);1H. The summed E-state index contributed by atoms with van der Waals surface area (Å²) in [6.45, 7) is 11.1. The highest BCUT2D eigenvalue weighted by atomic mass is 35.5. The number of methoxy groups -OCH3 is 1. The number of para-hydroxylation sites is 1. The molecule has 0 aliphatic heterocycles. The number of carbonyl (C=O) groups excluding carboxylic acids is 1. The third-order valence-electron chi connectivity index (χ3n) is 6.31. The lowest BCUT2D eigenvalue weighted by atomic mass is 10.2. The van der Waals surface area contributed by atoms with Crippen LogP contribution < -0.4 is 47.4 Å². The van der Waals surface area contributed by atoms with Gasteiger partial charge in [0.2, 0.25) is 5.13 Å². The summed E-state index contributed by atoms with van der Waals surface area (Å²) in [6, 6.07) is 20.4. The fourth-order valence-electron chi connectivity index (χ4n) is 4.44. The van der Waals surface area contributed by atoms with Gasteiger partial charge in [-0.05, 0) is 93.5 Å². The van der Waals surface area contributed by atoms with Crippen LogP contribution in [0, 0.1) is 0 Å². The maximum atomic E-state index is 13.0. The highest BCUT2D eigenvalue weighted by Crippen LogP contribution is 2.39. The van der Waals surface area contributed by atoms with Gasteiger partial charge in [0.05, 0.1) is 30.2 Å². The molecule has 0 aliphatic rings. The Morgan fingerprint density at radius 2 is 1.64 bits per heavy atom. The second kappa shape index (κ2) is 15.9. The number of rotatable bonds is 12. The van der Waals surface area contributed by atoms with E-state index in [4.69, 9.17) is 9.47 Å². The van der Waals surface area contributed by atoms with Gasteiger partial charge in [-0.2, -0.15) is 0 Å². The summed E-state index contributed by atoms with van der Waals surface area (Å²) in [5.74, 6) is 1.30. The normalized spacial score (nSPS) is 10.9. The van der Waals surface area contributed by atoms with Crippen molar-refractivity contribution in [1.82, 2.24) is 5.10 Å².